The third-order valence-electron chi connectivity index (χ3n) is 5.77. The van der Waals surface area contributed by atoms with Gasteiger partial charge in [0.25, 0.3) is 5.91 Å². The number of carbonyl (C=O) groups excluding carboxylic acids is 1. The minimum absolute atomic E-state index is 0.140. The highest BCUT2D eigenvalue weighted by molar-refractivity contribution is 5.94. The maximum Gasteiger partial charge on any atom is 0.490 e. The molecule has 9 nitrogen and oxygen atoms in total. The van der Waals surface area contributed by atoms with Crippen LogP contribution in [0.4, 0.5) is 26.3 Å². The zero-order chi connectivity index (χ0) is 28.7. The summed E-state index contributed by atoms with van der Waals surface area (Å²) in [6.07, 6.45) is -8.98. The maximum atomic E-state index is 13.1. The fourth-order valence-corrected chi connectivity index (χ4v) is 4.16. The smallest absolute Gasteiger partial charge is 0.475 e. The molecule has 0 aliphatic carbocycles. The number of carbonyl (C=O) groups is 3. The van der Waals surface area contributed by atoms with E-state index in [1.54, 1.807) is 7.11 Å². The van der Waals surface area contributed by atoms with Crippen LogP contribution in [0.1, 0.15) is 35.1 Å². The third kappa shape index (κ3) is 9.46. The van der Waals surface area contributed by atoms with Crippen LogP contribution in [0.3, 0.4) is 0 Å². The molecule has 2 aliphatic rings. The van der Waals surface area contributed by atoms with Gasteiger partial charge in [0.05, 0.1) is 12.1 Å². The molecule has 2 fully saturated rings. The molecule has 0 radical (unpaired) electrons. The van der Waals surface area contributed by atoms with Gasteiger partial charge in [-0.05, 0) is 38.9 Å². The standard InChI is InChI=1S/C18H27N3O2.2C2HF3O2/c1-5-20-10-15-16(11-20)21(7-6-17(15)23-4)18(22)14-8-12(2)19-13(3)9-14;2*3-2(4,5)1(6)7/h8-9,15-17H,5-7,10-11H2,1-4H3;2*(H,6,7)/t15-,16+,17-;;/m0../s1. The van der Waals surface area contributed by atoms with Crippen molar-refractivity contribution in [3.05, 3.63) is 29.1 Å². The van der Waals surface area contributed by atoms with Gasteiger partial charge in [0.1, 0.15) is 0 Å². The van der Waals surface area contributed by atoms with Crippen LogP contribution < -0.4 is 0 Å². The fraction of sp³-hybridized carbons (Fsp3) is 0.636. The Kier molecular flexibility index (Phi) is 11.3. The molecular formula is C22H29F6N3O6. The van der Waals surface area contributed by atoms with Crippen molar-refractivity contribution in [2.45, 2.75) is 51.7 Å². The van der Waals surface area contributed by atoms with Gasteiger partial charge in [0.2, 0.25) is 0 Å². The summed E-state index contributed by atoms with van der Waals surface area (Å²) in [4.78, 5) is 39.7. The molecule has 3 atom stereocenters. The molecule has 1 amide bonds. The van der Waals surface area contributed by atoms with E-state index in [1.807, 2.05) is 26.0 Å². The summed E-state index contributed by atoms with van der Waals surface area (Å²) >= 11 is 0. The van der Waals surface area contributed by atoms with E-state index in [1.165, 1.54) is 0 Å². The van der Waals surface area contributed by atoms with Crippen LogP contribution in [0.15, 0.2) is 12.1 Å². The van der Waals surface area contributed by atoms with Crippen LogP contribution in [0, 0.1) is 19.8 Å². The molecule has 3 heterocycles. The first-order chi connectivity index (χ1) is 16.9. The number of alkyl halides is 6. The Labute approximate surface area is 209 Å². The van der Waals surface area contributed by atoms with Crippen LogP contribution in [0.2, 0.25) is 0 Å². The number of likely N-dealkylation sites (N-methyl/N-ethyl adjacent to an activating group) is 1. The monoisotopic (exact) mass is 545 g/mol. The lowest BCUT2D eigenvalue weighted by Crippen LogP contribution is -2.53. The van der Waals surface area contributed by atoms with E-state index in [2.05, 4.69) is 21.7 Å². The molecule has 2 N–H and O–H groups in total. The Bertz CT molecular complexity index is 912. The molecule has 15 heteroatoms. The predicted molar refractivity (Wildman–Crippen MR) is 117 cm³/mol. The lowest BCUT2D eigenvalue weighted by molar-refractivity contribution is -0.193. The van der Waals surface area contributed by atoms with Crippen LogP contribution in [0.25, 0.3) is 0 Å². The number of aromatic nitrogens is 1. The van der Waals surface area contributed by atoms with Crippen LogP contribution >= 0.6 is 0 Å². The van der Waals surface area contributed by atoms with E-state index in [4.69, 9.17) is 24.5 Å². The molecular weight excluding hydrogens is 516 g/mol. The number of nitrogens with zero attached hydrogens (tertiary/aromatic N) is 3. The Morgan fingerprint density at radius 1 is 1.00 bits per heavy atom. The summed E-state index contributed by atoms with van der Waals surface area (Å²) in [5.74, 6) is -4.96. The second kappa shape index (κ2) is 13.0. The largest absolute Gasteiger partial charge is 0.490 e. The number of pyridine rings is 1. The first kappa shape index (κ1) is 32.1. The van der Waals surface area contributed by atoms with Crippen molar-refractivity contribution in [1.82, 2.24) is 14.8 Å². The van der Waals surface area contributed by atoms with Gasteiger partial charge >= 0.3 is 24.3 Å². The minimum Gasteiger partial charge on any atom is -0.475 e. The highest BCUT2D eigenvalue weighted by Crippen LogP contribution is 2.33. The summed E-state index contributed by atoms with van der Waals surface area (Å²) in [6.45, 7) is 9.85. The molecule has 1 aromatic rings. The number of aliphatic carboxylic acids is 2. The number of aryl methyl sites for hydroxylation is 2. The van der Waals surface area contributed by atoms with E-state index < -0.39 is 24.3 Å². The van der Waals surface area contributed by atoms with Gasteiger partial charge in [-0.25, -0.2) is 9.59 Å². The summed E-state index contributed by atoms with van der Waals surface area (Å²) < 4.78 is 69.2. The molecule has 0 spiro atoms. The number of carboxylic acid groups (broad SMARTS) is 2. The van der Waals surface area contributed by atoms with Crippen LogP contribution in [-0.4, -0.2) is 101 Å². The first-order valence-corrected chi connectivity index (χ1v) is 11.0. The molecule has 210 valence electrons. The van der Waals surface area contributed by atoms with Gasteiger partial charge in [0, 0.05) is 49.6 Å². The van der Waals surface area contributed by atoms with E-state index in [0.29, 0.717) is 5.92 Å². The number of carboxylic acids is 2. The number of rotatable bonds is 3. The van der Waals surface area contributed by atoms with Gasteiger partial charge in [-0.15, -0.1) is 0 Å². The van der Waals surface area contributed by atoms with Crippen LogP contribution in [0.5, 0.6) is 0 Å². The van der Waals surface area contributed by atoms with Gasteiger partial charge in [-0.2, -0.15) is 26.3 Å². The van der Waals surface area contributed by atoms with Crippen molar-refractivity contribution in [2.75, 3.05) is 33.3 Å². The first-order valence-electron chi connectivity index (χ1n) is 11.0. The zero-order valence-corrected chi connectivity index (χ0v) is 20.6. The minimum atomic E-state index is -5.08. The van der Waals surface area contributed by atoms with E-state index in [9.17, 15) is 31.1 Å². The highest BCUT2D eigenvalue weighted by atomic mass is 19.4. The number of hydrogen-bond acceptors (Lipinski definition) is 6. The fourth-order valence-electron chi connectivity index (χ4n) is 4.16. The average Bonchev–Trinajstić information content (AvgIpc) is 3.21. The van der Waals surface area contributed by atoms with E-state index >= 15 is 0 Å². The second-order valence-electron chi connectivity index (χ2n) is 8.39. The van der Waals surface area contributed by atoms with Gasteiger partial charge in [0.15, 0.2) is 0 Å². The SMILES string of the molecule is CCN1C[C@@H]2[C@@H](OC)CCN(C(=O)c3cc(C)nc(C)c3)[C@@H]2C1.O=C(O)C(F)(F)F.O=C(O)C(F)(F)F. The number of fused-ring (bicyclic) bond motifs is 1. The average molecular weight is 545 g/mol. The molecule has 37 heavy (non-hydrogen) atoms. The second-order valence-corrected chi connectivity index (χ2v) is 8.39. The van der Waals surface area contributed by atoms with E-state index in [0.717, 1.165) is 49.6 Å². The summed E-state index contributed by atoms with van der Waals surface area (Å²) in [6, 6.07) is 4.06. The Balaban J connectivity index is 0.000000404. The molecule has 2 aliphatic heterocycles. The van der Waals surface area contributed by atoms with Gasteiger partial charge in [-0.3, -0.25) is 9.78 Å². The zero-order valence-electron chi connectivity index (χ0n) is 20.6. The number of likely N-dealkylation sites (tertiary alicyclic amines) is 2. The van der Waals surface area contributed by atoms with Gasteiger partial charge in [-0.1, -0.05) is 6.92 Å². The van der Waals surface area contributed by atoms with Crippen molar-refractivity contribution in [3.63, 3.8) is 0 Å². The summed E-state index contributed by atoms with van der Waals surface area (Å²) in [7, 11) is 1.80. The Morgan fingerprint density at radius 2 is 1.46 bits per heavy atom. The normalized spacial score (nSPS) is 21.7. The van der Waals surface area contributed by atoms with Crippen molar-refractivity contribution >= 4 is 17.8 Å². The molecule has 3 rings (SSSR count). The third-order valence-corrected chi connectivity index (χ3v) is 5.77. The van der Waals surface area contributed by atoms with Crippen molar-refractivity contribution in [1.29, 1.82) is 0 Å². The number of piperidine rings is 1. The lowest BCUT2D eigenvalue weighted by Gasteiger charge is -2.41. The number of amides is 1. The molecule has 0 unspecified atom stereocenters. The van der Waals surface area contributed by atoms with Gasteiger partial charge < -0.3 is 24.7 Å². The number of hydrogen-bond donors (Lipinski definition) is 2. The quantitative estimate of drug-likeness (QED) is 0.556. The summed E-state index contributed by atoms with van der Waals surface area (Å²) in [5.41, 5.74) is 2.57. The molecule has 0 bridgehead atoms. The lowest BCUT2D eigenvalue weighted by atomic mass is 9.88. The van der Waals surface area contributed by atoms with E-state index in [-0.39, 0.29) is 18.1 Å². The van der Waals surface area contributed by atoms with Crippen molar-refractivity contribution in [3.8, 4) is 0 Å². The van der Waals surface area contributed by atoms with Crippen LogP contribution in [-0.2, 0) is 14.3 Å². The van der Waals surface area contributed by atoms with Crippen molar-refractivity contribution in [2.24, 2.45) is 5.92 Å². The molecule has 0 saturated carbocycles. The highest BCUT2D eigenvalue weighted by Gasteiger charge is 2.45. The Hall–Kier alpha value is -2.94. The number of methoxy groups -OCH3 is 1. The predicted octanol–water partition coefficient (Wildman–Crippen LogP) is 3.15. The summed E-state index contributed by atoms with van der Waals surface area (Å²) in [5, 5.41) is 14.2. The Morgan fingerprint density at radius 3 is 1.84 bits per heavy atom. The molecule has 1 aromatic heterocycles. The number of ether oxygens (including phenoxy) is 1. The van der Waals surface area contributed by atoms with Crippen molar-refractivity contribution < 1.29 is 55.7 Å². The maximum absolute atomic E-state index is 13.1. The number of halogens is 6. The molecule has 2 saturated heterocycles. The topological polar surface area (TPSA) is 120 Å². The molecule has 0 aromatic carbocycles.